The average molecular weight is 458 g/mol. The molecule has 0 bridgehead atoms. The molecule has 3 aromatic rings. The van der Waals surface area contributed by atoms with Crippen LogP contribution < -0.4 is 4.74 Å². The van der Waals surface area contributed by atoms with E-state index in [1.54, 1.807) is 6.20 Å². The van der Waals surface area contributed by atoms with Gasteiger partial charge in [0.2, 0.25) is 11.8 Å². The number of para-hydroxylation sites is 1. The Labute approximate surface area is 201 Å². The fourth-order valence-corrected chi connectivity index (χ4v) is 5.20. The van der Waals surface area contributed by atoms with Crippen molar-refractivity contribution in [2.24, 2.45) is 0 Å². The third kappa shape index (κ3) is 4.55. The van der Waals surface area contributed by atoms with Crippen LogP contribution in [0, 0.1) is 6.92 Å². The molecule has 0 spiro atoms. The van der Waals surface area contributed by atoms with Gasteiger partial charge in [-0.3, -0.25) is 9.78 Å². The first-order valence-electron chi connectivity index (χ1n) is 12.1. The SMILES string of the molecule is Cc1ccccc1Oc1cncc([C@H]2CCCN(C(=O)C3(c4ccccc4)CCOCC3)C2)n1. The maximum atomic E-state index is 14.0. The van der Waals surface area contributed by atoms with E-state index in [4.69, 9.17) is 14.5 Å². The van der Waals surface area contributed by atoms with Crippen LogP contribution >= 0.6 is 0 Å². The Morgan fingerprint density at radius 1 is 1.06 bits per heavy atom. The summed E-state index contributed by atoms with van der Waals surface area (Å²) in [5, 5.41) is 0. The number of nitrogens with zero attached hydrogens (tertiary/aromatic N) is 3. The van der Waals surface area contributed by atoms with Gasteiger partial charge in [0.1, 0.15) is 5.75 Å². The molecular formula is C28H31N3O3. The second-order valence-corrected chi connectivity index (χ2v) is 9.30. The molecule has 0 N–H and O–H groups in total. The van der Waals surface area contributed by atoms with E-state index in [-0.39, 0.29) is 11.8 Å². The fraction of sp³-hybridized carbons (Fsp3) is 0.393. The number of benzene rings is 2. The van der Waals surface area contributed by atoms with Crippen LogP contribution in [0.2, 0.25) is 0 Å². The summed E-state index contributed by atoms with van der Waals surface area (Å²) in [5.41, 5.74) is 2.51. The van der Waals surface area contributed by atoms with Gasteiger partial charge >= 0.3 is 0 Å². The number of likely N-dealkylation sites (tertiary alicyclic amines) is 1. The van der Waals surface area contributed by atoms with Gasteiger partial charge in [0, 0.05) is 38.4 Å². The Hall–Kier alpha value is -3.25. The zero-order valence-electron chi connectivity index (χ0n) is 19.7. The zero-order chi connectivity index (χ0) is 23.4. The summed E-state index contributed by atoms with van der Waals surface area (Å²) in [4.78, 5) is 25.2. The van der Waals surface area contributed by atoms with Gasteiger partial charge in [0.05, 0.1) is 17.3 Å². The smallest absolute Gasteiger partial charge is 0.238 e. The number of piperidine rings is 1. The quantitative estimate of drug-likeness (QED) is 0.538. The third-order valence-corrected chi connectivity index (χ3v) is 7.15. The first kappa shape index (κ1) is 22.5. The van der Waals surface area contributed by atoms with Gasteiger partial charge in [0.25, 0.3) is 0 Å². The number of amides is 1. The van der Waals surface area contributed by atoms with Crippen molar-refractivity contribution in [3.63, 3.8) is 0 Å². The van der Waals surface area contributed by atoms with Gasteiger partial charge in [-0.2, -0.15) is 0 Å². The van der Waals surface area contributed by atoms with E-state index in [2.05, 4.69) is 17.1 Å². The van der Waals surface area contributed by atoms with E-state index in [0.29, 0.717) is 25.6 Å². The molecule has 34 heavy (non-hydrogen) atoms. The first-order chi connectivity index (χ1) is 16.7. The van der Waals surface area contributed by atoms with Crippen molar-refractivity contribution < 1.29 is 14.3 Å². The molecule has 2 aliphatic rings. The molecule has 0 saturated carbocycles. The average Bonchev–Trinajstić information content (AvgIpc) is 2.91. The van der Waals surface area contributed by atoms with Crippen molar-refractivity contribution in [3.05, 3.63) is 83.8 Å². The fourth-order valence-electron chi connectivity index (χ4n) is 5.20. The molecule has 176 valence electrons. The monoisotopic (exact) mass is 457 g/mol. The van der Waals surface area contributed by atoms with Gasteiger partial charge in [-0.15, -0.1) is 0 Å². The molecule has 2 aliphatic heterocycles. The van der Waals surface area contributed by atoms with Crippen molar-refractivity contribution in [2.75, 3.05) is 26.3 Å². The number of rotatable bonds is 5. The minimum absolute atomic E-state index is 0.137. The zero-order valence-corrected chi connectivity index (χ0v) is 19.7. The van der Waals surface area contributed by atoms with Crippen molar-refractivity contribution >= 4 is 5.91 Å². The molecule has 2 saturated heterocycles. The first-order valence-corrected chi connectivity index (χ1v) is 12.1. The maximum Gasteiger partial charge on any atom is 0.238 e. The van der Waals surface area contributed by atoms with Crippen molar-refractivity contribution in [1.29, 1.82) is 0 Å². The summed E-state index contributed by atoms with van der Waals surface area (Å²) in [6.07, 6.45) is 6.82. The number of hydrogen-bond donors (Lipinski definition) is 0. The lowest BCUT2D eigenvalue weighted by Gasteiger charge is -2.42. The highest BCUT2D eigenvalue weighted by molar-refractivity contribution is 5.88. The van der Waals surface area contributed by atoms with Crippen LogP contribution in [-0.2, 0) is 14.9 Å². The highest BCUT2D eigenvalue weighted by atomic mass is 16.5. The van der Waals surface area contributed by atoms with Crippen molar-refractivity contribution in [1.82, 2.24) is 14.9 Å². The second kappa shape index (κ2) is 9.94. The summed E-state index contributed by atoms with van der Waals surface area (Å²) in [5.74, 6) is 1.62. The Morgan fingerprint density at radius 2 is 1.82 bits per heavy atom. The van der Waals surface area contributed by atoms with Crippen LogP contribution in [-0.4, -0.2) is 47.1 Å². The Kier molecular flexibility index (Phi) is 6.59. The van der Waals surface area contributed by atoms with E-state index in [1.165, 1.54) is 0 Å². The highest BCUT2D eigenvalue weighted by Gasteiger charge is 2.45. The number of ether oxygens (including phenoxy) is 2. The van der Waals surface area contributed by atoms with E-state index in [1.807, 2.05) is 60.5 Å². The molecule has 2 fully saturated rings. The van der Waals surface area contributed by atoms with E-state index in [0.717, 1.165) is 54.8 Å². The minimum Gasteiger partial charge on any atom is -0.437 e. The number of aromatic nitrogens is 2. The van der Waals surface area contributed by atoms with E-state index < -0.39 is 5.41 Å². The van der Waals surface area contributed by atoms with Crippen LogP contribution in [0.5, 0.6) is 11.6 Å². The molecule has 6 nitrogen and oxygen atoms in total. The summed E-state index contributed by atoms with van der Waals surface area (Å²) in [6, 6.07) is 18.1. The van der Waals surface area contributed by atoms with Crippen molar-refractivity contribution in [3.8, 4) is 11.6 Å². The Morgan fingerprint density at radius 3 is 2.62 bits per heavy atom. The standard InChI is InChI=1S/C28H31N3O3/c1-21-8-5-6-12-25(21)34-26-19-29-18-24(30-26)22-9-7-15-31(20-22)27(32)28(13-16-33-17-14-28)23-10-3-2-4-11-23/h2-6,8,10-12,18-19,22H,7,9,13-17,20H2,1H3/t22-/m0/s1. The van der Waals surface area contributed by atoms with Crippen LogP contribution in [0.25, 0.3) is 0 Å². The summed E-state index contributed by atoms with van der Waals surface area (Å²) in [6.45, 7) is 4.66. The Bertz CT molecular complexity index is 1130. The largest absolute Gasteiger partial charge is 0.437 e. The Balaban J connectivity index is 1.36. The van der Waals surface area contributed by atoms with Crippen molar-refractivity contribution in [2.45, 2.75) is 43.9 Å². The molecule has 1 aromatic heterocycles. The molecule has 0 aliphatic carbocycles. The molecule has 5 rings (SSSR count). The minimum atomic E-state index is -0.511. The number of carbonyl (C=O) groups is 1. The molecule has 6 heteroatoms. The predicted molar refractivity (Wildman–Crippen MR) is 130 cm³/mol. The molecule has 0 unspecified atom stereocenters. The molecule has 0 radical (unpaired) electrons. The lowest BCUT2D eigenvalue weighted by atomic mass is 9.72. The highest BCUT2D eigenvalue weighted by Crippen LogP contribution is 2.38. The van der Waals surface area contributed by atoms with Gasteiger partial charge < -0.3 is 14.4 Å². The maximum absolute atomic E-state index is 14.0. The van der Waals surface area contributed by atoms with Gasteiger partial charge in [-0.05, 0) is 49.8 Å². The van der Waals surface area contributed by atoms with Crippen LogP contribution in [0.1, 0.15) is 48.4 Å². The summed E-state index contributed by atoms with van der Waals surface area (Å²) < 4.78 is 11.7. The van der Waals surface area contributed by atoms with E-state index in [9.17, 15) is 4.79 Å². The third-order valence-electron chi connectivity index (χ3n) is 7.15. The molecule has 2 aromatic carbocycles. The molecule has 1 amide bonds. The number of carbonyl (C=O) groups excluding carboxylic acids is 1. The predicted octanol–water partition coefficient (Wildman–Crippen LogP) is 5.03. The summed E-state index contributed by atoms with van der Waals surface area (Å²) in [7, 11) is 0. The van der Waals surface area contributed by atoms with Crippen LogP contribution in [0.3, 0.4) is 0 Å². The molecule has 3 heterocycles. The molecular weight excluding hydrogens is 426 g/mol. The summed E-state index contributed by atoms with van der Waals surface area (Å²) >= 11 is 0. The van der Waals surface area contributed by atoms with Gasteiger partial charge in [-0.1, -0.05) is 48.5 Å². The lowest BCUT2D eigenvalue weighted by molar-refractivity contribution is -0.142. The number of aryl methyl sites for hydroxylation is 1. The second-order valence-electron chi connectivity index (χ2n) is 9.30. The molecule has 1 atom stereocenters. The normalized spacial score (nSPS) is 20.0. The van der Waals surface area contributed by atoms with Gasteiger partial charge in [-0.25, -0.2) is 4.98 Å². The topological polar surface area (TPSA) is 64.5 Å². The van der Waals surface area contributed by atoms with E-state index >= 15 is 0 Å². The van der Waals surface area contributed by atoms with Crippen LogP contribution in [0.4, 0.5) is 0 Å². The number of hydrogen-bond acceptors (Lipinski definition) is 5. The lowest BCUT2D eigenvalue weighted by Crippen LogP contribution is -2.52. The van der Waals surface area contributed by atoms with Gasteiger partial charge in [0.15, 0.2) is 0 Å². The van der Waals surface area contributed by atoms with Crippen LogP contribution in [0.15, 0.2) is 67.0 Å².